The van der Waals surface area contributed by atoms with E-state index in [1.165, 1.54) is 12.1 Å². The molecule has 0 heterocycles. The molecule has 0 saturated heterocycles. The first-order valence-electron chi connectivity index (χ1n) is 8.50. The number of hydrogen-bond donors (Lipinski definition) is 0. The van der Waals surface area contributed by atoms with Gasteiger partial charge in [0.2, 0.25) is 0 Å². The molecule has 0 amide bonds. The van der Waals surface area contributed by atoms with E-state index in [-0.39, 0.29) is 5.41 Å². The molecule has 0 aliphatic heterocycles. The molecular formula is C19H26BrF3OSi. The highest BCUT2D eigenvalue weighted by molar-refractivity contribution is 9.09. The summed E-state index contributed by atoms with van der Waals surface area (Å²) < 4.78 is 38.0. The van der Waals surface area contributed by atoms with Crippen LogP contribution in [-0.2, 0) is 11.0 Å². The van der Waals surface area contributed by atoms with E-state index >= 15 is 0 Å². The van der Waals surface area contributed by atoms with Crippen LogP contribution in [0.15, 0.2) is 36.9 Å². The molecule has 0 spiro atoms. The Balaban J connectivity index is 2.65. The zero-order chi connectivity index (χ0) is 19.1. The molecule has 0 bridgehead atoms. The van der Waals surface area contributed by atoms with Crippen molar-refractivity contribution in [2.45, 2.75) is 51.4 Å². The maximum absolute atomic E-state index is 12.7. The maximum Gasteiger partial charge on any atom is 0.416 e. The third-order valence-electron chi connectivity index (χ3n) is 4.64. The van der Waals surface area contributed by atoms with Gasteiger partial charge in [-0.1, -0.05) is 64.6 Å². The Morgan fingerprint density at radius 2 is 1.84 bits per heavy atom. The highest BCUT2D eigenvalue weighted by atomic mass is 79.9. The second-order valence-corrected chi connectivity index (χ2v) is 11.9. The predicted octanol–water partition coefficient (Wildman–Crippen LogP) is 5.88. The average molecular weight is 435 g/mol. The van der Waals surface area contributed by atoms with Crippen molar-refractivity contribution in [3.05, 3.63) is 42.5 Å². The molecule has 6 heteroatoms. The summed E-state index contributed by atoms with van der Waals surface area (Å²) in [5.74, 6) is 0.529. The van der Waals surface area contributed by atoms with Crippen LogP contribution in [0.1, 0.15) is 37.7 Å². The Kier molecular flexibility index (Phi) is 8.61. The zero-order valence-corrected chi connectivity index (χ0v) is 17.4. The molecule has 0 N–H and O–H groups in total. The molecule has 1 nitrogen and oxygen atoms in total. The number of hydrogen-bond acceptors (Lipinski definition) is 1. The molecule has 0 aromatic heterocycles. The van der Waals surface area contributed by atoms with E-state index in [1.807, 2.05) is 19.2 Å². The van der Waals surface area contributed by atoms with Crippen molar-refractivity contribution in [3.8, 4) is 0 Å². The lowest BCUT2D eigenvalue weighted by Crippen LogP contribution is -2.49. The van der Waals surface area contributed by atoms with Crippen LogP contribution in [0.3, 0.4) is 0 Å². The van der Waals surface area contributed by atoms with Gasteiger partial charge in [-0.2, -0.15) is 13.2 Å². The van der Waals surface area contributed by atoms with Crippen molar-refractivity contribution >= 4 is 34.6 Å². The van der Waals surface area contributed by atoms with Crippen LogP contribution in [0, 0.1) is 5.92 Å². The molecule has 0 aliphatic rings. The minimum Gasteiger partial charge on any atom is -0.305 e. The van der Waals surface area contributed by atoms with E-state index < -0.39 is 19.8 Å². The van der Waals surface area contributed by atoms with Crippen LogP contribution >= 0.6 is 15.9 Å². The van der Waals surface area contributed by atoms with E-state index in [0.29, 0.717) is 12.3 Å². The van der Waals surface area contributed by atoms with Gasteiger partial charge in [0.25, 0.3) is 0 Å². The smallest absolute Gasteiger partial charge is 0.305 e. The van der Waals surface area contributed by atoms with Gasteiger partial charge in [0.05, 0.1) is 5.56 Å². The third kappa shape index (κ3) is 6.74. The lowest BCUT2D eigenvalue weighted by atomic mass is 9.99. The monoisotopic (exact) mass is 434 g/mol. The Morgan fingerprint density at radius 3 is 2.32 bits per heavy atom. The van der Waals surface area contributed by atoms with Crippen molar-refractivity contribution in [1.82, 2.24) is 0 Å². The number of carbonyl (C=O) groups excluding carboxylic acids is 1. The number of carbonyl (C=O) groups is 1. The van der Waals surface area contributed by atoms with E-state index in [2.05, 4.69) is 22.5 Å². The summed E-state index contributed by atoms with van der Waals surface area (Å²) in [5, 5.41) is 1.87. The number of alkyl halides is 4. The predicted molar refractivity (Wildman–Crippen MR) is 104 cm³/mol. The van der Waals surface area contributed by atoms with Gasteiger partial charge in [-0.3, -0.25) is 0 Å². The van der Waals surface area contributed by atoms with Gasteiger partial charge in [0.1, 0.15) is 5.41 Å². The molecule has 0 radical (unpaired) electrons. The fraction of sp³-hybridized carbons (Fsp3) is 0.526. The van der Waals surface area contributed by atoms with Crippen molar-refractivity contribution in [1.29, 1.82) is 0 Å². The maximum atomic E-state index is 12.7. The van der Waals surface area contributed by atoms with Gasteiger partial charge < -0.3 is 4.79 Å². The topological polar surface area (TPSA) is 17.1 Å². The SMILES string of the molecule is C=CCCC(CBr)CCCC(=O)[Si](C)(C)c1ccc(C(F)(F)F)cc1. The number of rotatable bonds is 10. The summed E-state index contributed by atoms with van der Waals surface area (Å²) in [6, 6.07) is 5.09. The molecule has 1 unspecified atom stereocenters. The second kappa shape index (κ2) is 9.71. The van der Waals surface area contributed by atoms with Crippen molar-refractivity contribution < 1.29 is 18.0 Å². The van der Waals surface area contributed by atoms with E-state index in [9.17, 15) is 18.0 Å². The van der Waals surface area contributed by atoms with Gasteiger partial charge in [0, 0.05) is 11.8 Å². The van der Waals surface area contributed by atoms with E-state index in [1.54, 1.807) is 0 Å². The summed E-state index contributed by atoms with van der Waals surface area (Å²) in [4.78, 5) is 12.6. The molecule has 25 heavy (non-hydrogen) atoms. The first kappa shape index (κ1) is 22.2. The van der Waals surface area contributed by atoms with Crippen molar-refractivity contribution in [3.63, 3.8) is 0 Å². The normalized spacial score (nSPS) is 13.5. The molecule has 140 valence electrons. The first-order chi connectivity index (χ1) is 11.6. The Morgan fingerprint density at radius 1 is 1.24 bits per heavy atom. The van der Waals surface area contributed by atoms with Gasteiger partial charge in [-0.25, -0.2) is 0 Å². The summed E-state index contributed by atoms with van der Waals surface area (Å²) >= 11 is 3.51. The molecule has 1 aromatic carbocycles. The van der Waals surface area contributed by atoms with Crippen LogP contribution in [0.25, 0.3) is 0 Å². The standard InChI is InChI=1S/C19H26BrF3OSi/c1-4-5-7-15(14-20)8-6-9-18(24)25(2,3)17-12-10-16(11-13-17)19(21,22)23/h4,10-13,15H,1,5-9,14H2,2-3H3. The molecule has 0 saturated carbocycles. The molecule has 0 fully saturated rings. The van der Waals surface area contributed by atoms with Crippen molar-refractivity contribution in [2.24, 2.45) is 5.92 Å². The Hall–Kier alpha value is -0.883. The largest absolute Gasteiger partial charge is 0.416 e. The lowest BCUT2D eigenvalue weighted by Gasteiger charge is -2.22. The summed E-state index contributed by atoms with van der Waals surface area (Å²) in [6.07, 6.45) is 1.88. The third-order valence-corrected chi connectivity index (χ3v) is 8.98. The van der Waals surface area contributed by atoms with Gasteiger partial charge in [0.15, 0.2) is 8.07 Å². The van der Waals surface area contributed by atoms with Gasteiger partial charge >= 0.3 is 6.18 Å². The second-order valence-electron chi connectivity index (χ2n) is 6.90. The highest BCUT2D eigenvalue weighted by Gasteiger charge is 2.34. The summed E-state index contributed by atoms with van der Waals surface area (Å²) in [7, 11) is -2.41. The fourth-order valence-corrected chi connectivity index (χ4v) is 5.52. The molecule has 1 rings (SSSR count). The number of halogens is 4. The molecular weight excluding hydrogens is 409 g/mol. The highest BCUT2D eigenvalue weighted by Crippen LogP contribution is 2.28. The molecule has 1 aromatic rings. The van der Waals surface area contributed by atoms with Gasteiger partial charge in [-0.15, -0.1) is 6.58 Å². The van der Waals surface area contributed by atoms with Crippen LogP contribution < -0.4 is 5.19 Å². The average Bonchev–Trinajstić information content (AvgIpc) is 2.57. The van der Waals surface area contributed by atoms with Crippen LogP contribution in [0.4, 0.5) is 13.2 Å². The van der Waals surface area contributed by atoms with E-state index in [4.69, 9.17) is 0 Å². The molecule has 1 atom stereocenters. The fourth-order valence-electron chi connectivity index (χ4n) is 2.75. The quantitative estimate of drug-likeness (QED) is 0.255. The Labute approximate surface area is 157 Å². The van der Waals surface area contributed by atoms with Crippen LogP contribution in [-0.4, -0.2) is 18.8 Å². The Bertz CT molecular complexity index is 567. The lowest BCUT2D eigenvalue weighted by molar-refractivity contribution is -0.137. The van der Waals surface area contributed by atoms with Crippen LogP contribution in [0.5, 0.6) is 0 Å². The number of allylic oxidation sites excluding steroid dienone is 1. The van der Waals surface area contributed by atoms with Gasteiger partial charge in [-0.05, 0) is 31.6 Å². The molecule has 0 aliphatic carbocycles. The van der Waals surface area contributed by atoms with E-state index in [0.717, 1.165) is 48.3 Å². The first-order valence-corrected chi connectivity index (χ1v) is 12.6. The summed E-state index contributed by atoms with van der Waals surface area (Å²) in [5.41, 5.74) is -0.670. The van der Waals surface area contributed by atoms with Crippen molar-refractivity contribution in [2.75, 3.05) is 5.33 Å². The number of benzene rings is 1. The minimum atomic E-state index is -4.34. The zero-order valence-electron chi connectivity index (χ0n) is 14.8. The summed E-state index contributed by atoms with van der Waals surface area (Å²) in [6.45, 7) is 7.56. The van der Waals surface area contributed by atoms with Crippen LogP contribution in [0.2, 0.25) is 13.1 Å². The minimum absolute atomic E-state index is 0.198.